The summed E-state index contributed by atoms with van der Waals surface area (Å²) in [4.78, 5) is 11.4. The third kappa shape index (κ3) is 4.07. The molecule has 0 aromatic carbocycles. The van der Waals surface area contributed by atoms with Crippen molar-refractivity contribution in [2.24, 2.45) is 11.1 Å². The molecule has 0 rings (SSSR count). The molecule has 0 aliphatic heterocycles. The van der Waals surface area contributed by atoms with E-state index in [2.05, 4.69) is 5.16 Å². The number of esters is 1. The quantitative estimate of drug-likeness (QED) is 0.247. The van der Waals surface area contributed by atoms with E-state index < -0.39 is 5.97 Å². The Morgan fingerprint density at radius 2 is 2.14 bits per heavy atom. The predicted molar refractivity (Wildman–Crippen MR) is 54.4 cm³/mol. The van der Waals surface area contributed by atoms with Crippen LogP contribution >= 0.6 is 0 Å². The first kappa shape index (κ1) is 12.7. The van der Waals surface area contributed by atoms with Crippen molar-refractivity contribution in [3.05, 3.63) is 11.6 Å². The lowest BCUT2D eigenvalue weighted by molar-refractivity contribution is -0.137. The third-order valence-corrected chi connectivity index (χ3v) is 1.54. The van der Waals surface area contributed by atoms with Crippen molar-refractivity contribution in [2.75, 3.05) is 6.61 Å². The molecule has 0 unspecified atom stereocenters. The maximum absolute atomic E-state index is 11.4. The number of oxime groups is 1. The normalized spacial score (nSPS) is 13.2. The fourth-order valence-electron chi connectivity index (χ4n) is 0.932. The second-order valence-corrected chi connectivity index (χ2v) is 3.23. The summed E-state index contributed by atoms with van der Waals surface area (Å²) in [6.45, 7) is 7.47. The Bertz CT molecular complexity index is 254. The SMILES string of the molecule is CCOC(=O)C(=C\C(C)C)/C(C)=N/O. The smallest absolute Gasteiger partial charge is 0.339 e. The van der Waals surface area contributed by atoms with Crippen LogP contribution in [-0.4, -0.2) is 23.5 Å². The Morgan fingerprint density at radius 1 is 1.57 bits per heavy atom. The van der Waals surface area contributed by atoms with Gasteiger partial charge in [0.2, 0.25) is 0 Å². The molecule has 0 fully saturated rings. The number of carbonyl (C=O) groups excluding carboxylic acids is 1. The fraction of sp³-hybridized carbons (Fsp3) is 0.600. The molecule has 0 aliphatic carbocycles. The maximum Gasteiger partial charge on any atom is 0.339 e. The summed E-state index contributed by atoms with van der Waals surface area (Å²) in [7, 11) is 0. The van der Waals surface area contributed by atoms with Crippen LogP contribution in [0.3, 0.4) is 0 Å². The zero-order chi connectivity index (χ0) is 11.1. The maximum atomic E-state index is 11.4. The van der Waals surface area contributed by atoms with Gasteiger partial charge in [-0.25, -0.2) is 4.79 Å². The second-order valence-electron chi connectivity index (χ2n) is 3.23. The Hall–Kier alpha value is -1.32. The number of carbonyl (C=O) groups is 1. The van der Waals surface area contributed by atoms with Gasteiger partial charge < -0.3 is 9.94 Å². The number of rotatable bonds is 4. The Kier molecular flexibility index (Phi) is 5.60. The molecule has 0 bridgehead atoms. The molecule has 4 nitrogen and oxygen atoms in total. The van der Waals surface area contributed by atoms with Gasteiger partial charge in [-0.1, -0.05) is 25.1 Å². The average Bonchev–Trinajstić information content (AvgIpc) is 2.13. The molecule has 0 radical (unpaired) electrons. The molecule has 0 aliphatic rings. The highest BCUT2D eigenvalue weighted by Crippen LogP contribution is 2.07. The van der Waals surface area contributed by atoms with Gasteiger partial charge in [-0.05, 0) is 19.8 Å². The van der Waals surface area contributed by atoms with Crippen LogP contribution < -0.4 is 0 Å². The van der Waals surface area contributed by atoms with Gasteiger partial charge in [0.05, 0.1) is 17.9 Å². The van der Waals surface area contributed by atoms with E-state index in [1.54, 1.807) is 19.9 Å². The molecular formula is C10H17NO3. The van der Waals surface area contributed by atoms with Crippen LogP contribution in [0.15, 0.2) is 16.8 Å². The lowest BCUT2D eigenvalue weighted by Crippen LogP contribution is -2.14. The van der Waals surface area contributed by atoms with Gasteiger partial charge in [-0.2, -0.15) is 0 Å². The van der Waals surface area contributed by atoms with Crippen molar-refractivity contribution < 1.29 is 14.7 Å². The van der Waals surface area contributed by atoms with Crippen molar-refractivity contribution in [3.8, 4) is 0 Å². The number of hydrogen-bond donors (Lipinski definition) is 1. The number of ether oxygens (including phenoxy) is 1. The van der Waals surface area contributed by atoms with Gasteiger partial charge >= 0.3 is 5.97 Å². The zero-order valence-electron chi connectivity index (χ0n) is 9.07. The van der Waals surface area contributed by atoms with E-state index in [1.165, 1.54) is 0 Å². The van der Waals surface area contributed by atoms with Crippen LogP contribution in [0.25, 0.3) is 0 Å². The van der Waals surface area contributed by atoms with E-state index in [4.69, 9.17) is 9.94 Å². The van der Waals surface area contributed by atoms with Crippen molar-refractivity contribution in [1.82, 2.24) is 0 Å². The third-order valence-electron chi connectivity index (χ3n) is 1.54. The molecule has 0 aromatic heterocycles. The molecule has 0 aromatic rings. The summed E-state index contributed by atoms with van der Waals surface area (Å²) >= 11 is 0. The van der Waals surface area contributed by atoms with Gasteiger partial charge in [0.1, 0.15) is 0 Å². The van der Waals surface area contributed by atoms with E-state index in [9.17, 15) is 4.79 Å². The van der Waals surface area contributed by atoms with Gasteiger partial charge in [0.25, 0.3) is 0 Å². The predicted octanol–water partition coefficient (Wildman–Crippen LogP) is 1.98. The molecule has 0 heterocycles. The van der Waals surface area contributed by atoms with Crippen LogP contribution in [0.1, 0.15) is 27.7 Å². The Balaban J connectivity index is 4.82. The molecule has 80 valence electrons. The highest BCUT2D eigenvalue weighted by Gasteiger charge is 2.14. The fourth-order valence-corrected chi connectivity index (χ4v) is 0.932. The van der Waals surface area contributed by atoms with Crippen molar-refractivity contribution in [2.45, 2.75) is 27.7 Å². The van der Waals surface area contributed by atoms with E-state index in [1.807, 2.05) is 13.8 Å². The minimum Gasteiger partial charge on any atom is -0.462 e. The van der Waals surface area contributed by atoms with Crippen LogP contribution in [0, 0.1) is 5.92 Å². The monoisotopic (exact) mass is 199 g/mol. The minimum absolute atomic E-state index is 0.200. The molecule has 14 heavy (non-hydrogen) atoms. The van der Waals surface area contributed by atoms with Crippen molar-refractivity contribution in [1.29, 1.82) is 0 Å². The second kappa shape index (κ2) is 6.18. The molecular weight excluding hydrogens is 182 g/mol. The van der Waals surface area contributed by atoms with E-state index >= 15 is 0 Å². The highest BCUT2D eigenvalue weighted by atomic mass is 16.5. The first-order valence-electron chi connectivity index (χ1n) is 4.60. The van der Waals surface area contributed by atoms with Crippen LogP contribution in [0.4, 0.5) is 0 Å². The number of allylic oxidation sites excluding steroid dienone is 1. The van der Waals surface area contributed by atoms with Gasteiger partial charge in [0.15, 0.2) is 0 Å². The van der Waals surface area contributed by atoms with Gasteiger partial charge in [-0.15, -0.1) is 0 Å². The molecule has 0 amide bonds. The van der Waals surface area contributed by atoms with Crippen LogP contribution in [-0.2, 0) is 9.53 Å². The summed E-state index contributed by atoms with van der Waals surface area (Å²) in [6.07, 6.45) is 1.72. The first-order chi connectivity index (χ1) is 6.52. The lowest BCUT2D eigenvalue weighted by atomic mass is 10.1. The standard InChI is InChI=1S/C10H17NO3/c1-5-14-10(12)9(6-7(2)3)8(4)11-13/h6-7,13H,5H2,1-4H3/b9-6-,11-8+. The largest absolute Gasteiger partial charge is 0.462 e. The van der Waals surface area contributed by atoms with Crippen LogP contribution in [0.5, 0.6) is 0 Å². The Labute approximate surface area is 84.3 Å². The average molecular weight is 199 g/mol. The molecule has 1 N–H and O–H groups in total. The minimum atomic E-state index is -0.448. The van der Waals surface area contributed by atoms with E-state index in [0.29, 0.717) is 12.2 Å². The molecule has 0 atom stereocenters. The molecule has 0 spiro atoms. The van der Waals surface area contributed by atoms with Crippen molar-refractivity contribution >= 4 is 11.7 Å². The molecule has 0 saturated heterocycles. The Morgan fingerprint density at radius 3 is 2.50 bits per heavy atom. The first-order valence-corrected chi connectivity index (χ1v) is 4.60. The molecule has 0 saturated carbocycles. The molecule has 4 heteroatoms. The van der Waals surface area contributed by atoms with Crippen molar-refractivity contribution in [3.63, 3.8) is 0 Å². The summed E-state index contributed by atoms with van der Waals surface area (Å²) < 4.78 is 4.83. The summed E-state index contributed by atoms with van der Waals surface area (Å²) in [6, 6.07) is 0. The number of hydrogen-bond acceptors (Lipinski definition) is 4. The number of nitrogens with zero attached hydrogens (tertiary/aromatic N) is 1. The van der Waals surface area contributed by atoms with Crippen LogP contribution in [0.2, 0.25) is 0 Å². The summed E-state index contributed by atoms with van der Waals surface area (Å²) in [5.74, 6) is -0.248. The van der Waals surface area contributed by atoms with E-state index in [-0.39, 0.29) is 11.6 Å². The zero-order valence-corrected chi connectivity index (χ0v) is 9.07. The highest BCUT2D eigenvalue weighted by molar-refractivity contribution is 6.18. The van der Waals surface area contributed by atoms with Gasteiger partial charge in [-0.3, -0.25) is 0 Å². The van der Waals surface area contributed by atoms with E-state index in [0.717, 1.165) is 0 Å². The summed E-state index contributed by atoms with van der Waals surface area (Å²) in [5.41, 5.74) is 0.599. The lowest BCUT2D eigenvalue weighted by Gasteiger charge is -2.06. The van der Waals surface area contributed by atoms with Gasteiger partial charge in [0, 0.05) is 0 Å². The summed E-state index contributed by atoms with van der Waals surface area (Å²) in [5, 5.41) is 11.6. The topological polar surface area (TPSA) is 58.9 Å².